The molecule has 0 saturated carbocycles. The third kappa shape index (κ3) is 3.96. The van der Waals surface area contributed by atoms with Crippen molar-refractivity contribution in [2.24, 2.45) is 5.92 Å². The van der Waals surface area contributed by atoms with Gasteiger partial charge in [-0.1, -0.05) is 24.3 Å². The number of piperidine rings is 1. The second-order valence-corrected chi connectivity index (χ2v) is 6.71. The fourth-order valence-electron chi connectivity index (χ4n) is 3.38. The van der Waals surface area contributed by atoms with Crippen molar-refractivity contribution in [2.75, 3.05) is 13.1 Å². The van der Waals surface area contributed by atoms with Crippen molar-refractivity contribution in [1.29, 1.82) is 0 Å². The molecule has 2 atom stereocenters. The minimum Gasteiger partial charge on any atom is -0.391 e. The van der Waals surface area contributed by atoms with Gasteiger partial charge in [0.25, 0.3) is 11.5 Å². The molecule has 1 fully saturated rings. The van der Waals surface area contributed by atoms with Gasteiger partial charge >= 0.3 is 0 Å². The van der Waals surface area contributed by atoms with Gasteiger partial charge < -0.3 is 15.0 Å². The van der Waals surface area contributed by atoms with Crippen molar-refractivity contribution in [2.45, 2.75) is 32.8 Å². The van der Waals surface area contributed by atoms with E-state index in [0.29, 0.717) is 12.4 Å². The zero-order chi connectivity index (χ0) is 18.0. The Morgan fingerprint density at radius 2 is 2.12 bits per heavy atom. The number of hydrogen-bond donors (Lipinski definition) is 2. The number of β-amino-alcohol motifs (C(OH)–C–C–N with tert-alkyl or cyclic N) is 1. The van der Waals surface area contributed by atoms with Gasteiger partial charge in [-0.2, -0.15) is 0 Å². The van der Waals surface area contributed by atoms with E-state index in [1.165, 1.54) is 17.2 Å². The molecule has 1 aromatic carbocycles. The van der Waals surface area contributed by atoms with E-state index in [1.54, 1.807) is 11.8 Å². The Balaban J connectivity index is 1.68. The molecule has 132 valence electrons. The average molecular weight is 341 g/mol. The van der Waals surface area contributed by atoms with Crippen LogP contribution in [0.3, 0.4) is 0 Å². The van der Waals surface area contributed by atoms with Crippen molar-refractivity contribution in [3.8, 4) is 0 Å². The molecular formula is C19H23N3O3. The number of rotatable bonds is 3. The summed E-state index contributed by atoms with van der Waals surface area (Å²) in [6.07, 6.45) is 0.946. The lowest BCUT2D eigenvalue weighted by Crippen LogP contribution is -2.47. The second kappa shape index (κ2) is 7.19. The van der Waals surface area contributed by atoms with Crippen molar-refractivity contribution < 1.29 is 9.90 Å². The molecule has 1 saturated heterocycles. The van der Waals surface area contributed by atoms with E-state index in [2.05, 4.69) is 29.0 Å². The highest BCUT2D eigenvalue weighted by molar-refractivity contribution is 5.92. The molecule has 1 amide bonds. The summed E-state index contributed by atoms with van der Waals surface area (Å²) in [7, 11) is 0. The molecule has 3 rings (SSSR count). The van der Waals surface area contributed by atoms with Crippen molar-refractivity contribution in [3.05, 3.63) is 63.3 Å². The van der Waals surface area contributed by atoms with Gasteiger partial charge in [0, 0.05) is 19.2 Å². The molecule has 0 aliphatic carbocycles. The van der Waals surface area contributed by atoms with Gasteiger partial charge in [0.15, 0.2) is 0 Å². The van der Waals surface area contributed by atoms with Crippen LogP contribution in [-0.4, -0.2) is 45.1 Å². The Bertz CT molecular complexity index is 831. The quantitative estimate of drug-likeness (QED) is 0.885. The Morgan fingerprint density at radius 1 is 1.36 bits per heavy atom. The van der Waals surface area contributed by atoms with Crippen LogP contribution >= 0.6 is 0 Å². The number of aliphatic hydroxyl groups excluding tert-OH is 1. The lowest BCUT2D eigenvalue weighted by molar-refractivity contribution is 0.0194. The number of aromatic nitrogens is 2. The maximum absolute atomic E-state index is 12.6. The highest BCUT2D eigenvalue weighted by Gasteiger charge is 2.31. The summed E-state index contributed by atoms with van der Waals surface area (Å²) in [5, 5.41) is 10.5. The molecule has 0 spiro atoms. The van der Waals surface area contributed by atoms with Gasteiger partial charge in [0.05, 0.1) is 6.10 Å². The SMILES string of the molecule is Cc1nc(C(=O)N2CC[C@H](Cc3ccccc3C)[C@H](O)C2)cc(=O)[nH]1. The number of aromatic amines is 1. The van der Waals surface area contributed by atoms with E-state index in [1.807, 2.05) is 12.1 Å². The average Bonchev–Trinajstić information content (AvgIpc) is 2.57. The number of aryl methyl sites for hydroxylation is 2. The monoisotopic (exact) mass is 341 g/mol. The minimum atomic E-state index is -0.583. The fourth-order valence-corrected chi connectivity index (χ4v) is 3.38. The van der Waals surface area contributed by atoms with Gasteiger partial charge in [-0.15, -0.1) is 0 Å². The second-order valence-electron chi connectivity index (χ2n) is 6.71. The Labute approximate surface area is 146 Å². The van der Waals surface area contributed by atoms with Crippen LogP contribution in [0.2, 0.25) is 0 Å². The highest BCUT2D eigenvalue weighted by Crippen LogP contribution is 2.24. The first kappa shape index (κ1) is 17.4. The first-order valence-corrected chi connectivity index (χ1v) is 8.54. The third-order valence-corrected chi connectivity index (χ3v) is 4.83. The van der Waals surface area contributed by atoms with Crippen molar-refractivity contribution >= 4 is 5.91 Å². The topological polar surface area (TPSA) is 86.3 Å². The van der Waals surface area contributed by atoms with Crippen LogP contribution in [0.4, 0.5) is 0 Å². The van der Waals surface area contributed by atoms with E-state index in [4.69, 9.17) is 0 Å². The van der Waals surface area contributed by atoms with Gasteiger partial charge in [-0.05, 0) is 43.7 Å². The Kier molecular flexibility index (Phi) is 4.99. The van der Waals surface area contributed by atoms with E-state index >= 15 is 0 Å². The Hall–Kier alpha value is -2.47. The molecule has 1 aliphatic heterocycles. The van der Waals surface area contributed by atoms with Crippen molar-refractivity contribution in [1.82, 2.24) is 14.9 Å². The van der Waals surface area contributed by atoms with Crippen LogP contribution < -0.4 is 5.56 Å². The van der Waals surface area contributed by atoms with Crippen LogP contribution in [0.5, 0.6) is 0 Å². The largest absolute Gasteiger partial charge is 0.391 e. The number of nitrogens with one attached hydrogen (secondary N) is 1. The number of H-pyrrole nitrogens is 1. The molecule has 0 unspecified atom stereocenters. The molecule has 0 radical (unpaired) electrons. The fraction of sp³-hybridized carbons (Fsp3) is 0.421. The van der Waals surface area contributed by atoms with E-state index in [9.17, 15) is 14.7 Å². The smallest absolute Gasteiger partial charge is 0.272 e. The molecule has 6 heteroatoms. The molecule has 6 nitrogen and oxygen atoms in total. The normalized spacial score (nSPS) is 20.5. The van der Waals surface area contributed by atoms with Crippen molar-refractivity contribution in [3.63, 3.8) is 0 Å². The maximum atomic E-state index is 12.6. The van der Waals surface area contributed by atoms with Crippen LogP contribution in [0, 0.1) is 19.8 Å². The van der Waals surface area contributed by atoms with E-state index in [-0.39, 0.29) is 29.6 Å². The molecule has 25 heavy (non-hydrogen) atoms. The summed E-state index contributed by atoms with van der Waals surface area (Å²) < 4.78 is 0. The lowest BCUT2D eigenvalue weighted by Gasteiger charge is -2.36. The zero-order valence-corrected chi connectivity index (χ0v) is 14.5. The molecular weight excluding hydrogens is 318 g/mol. The molecule has 1 aliphatic rings. The summed E-state index contributed by atoms with van der Waals surface area (Å²) in [5.41, 5.74) is 2.24. The highest BCUT2D eigenvalue weighted by atomic mass is 16.3. The summed E-state index contributed by atoms with van der Waals surface area (Å²) in [5.74, 6) is 0.229. The number of likely N-dealkylation sites (tertiary alicyclic amines) is 1. The van der Waals surface area contributed by atoms with E-state index in [0.717, 1.165) is 12.8 Å². The van der Waals surface area contributed by atoms with Crippen LogP contribution in [0.25, 0.3) is 0 Å². The van der Waals surface area contributed by atoms with Gasteiger partial charge in [0.1, 0.15) is 11.5 Å². The number of nitrogens with zero attached hydrogens (tertiary/aromatic N) is 2. The van der Waals surface area contributed by atoms with E-state index < -0.39 is 6.10 Å². The predicted octanol–water partition coefficient (Wildman–Crippen LogP) is 1.45. The van der Waals surface area contributed by atoms with Crippen LogP contribution in [0.15, 0.2) is 35.1 Å². The van der Waals surface area contributed by atoms with Crippen LogP contribution in [0.1, 0.15) is 33.9 Å². The molecule has 1 aromatic heterocycles. The summed E-state index contributed by atoms with van der Waals surface area (Å²) in [6.45, 7) is 4.53. The number of aliphatic hydroxyl groups is 1. The first-order valence-electron chi connectivity index (χ1n) is 8.54. The number of benzene rings is 1. The summed E-state index contributed by atoms with van der Waals surface area (Å²) in [4.78, 5) is 32.3. The predicted molar refractivity (Wildman–Crippen MR) is 94.5 cm³/mol. The minimum absolute atomic E-state index is 0.124. The van der Waals surface area contributed by atoms with Gasteiger partial charge in [0.2, 0.25) is 0 Å². The van der Waals surface area contributed by atoms with Gasteiger partial charge in [-0.3, -0.25) is 9.59 Å². The first-order chi connectivity index (χ1) is 11.9. The molecule has 0 bridgehead atoms. The van der Waals surface area contributed by atoms with Crippen LogP contribution in [-0.2, 0) is 6.42 Å². The molecule has 2 N–H and O–H groups in total. The number of carbonyl (C=O) groups is 1. The molecule has 2 aromatic rings. The van der Waals surface area contributed by atoms with Gasteiger partial charge in [-0.25, -0.2) is 4.98 Å². The summed E-state index contributed by atoms with van der Waals surface area (Å²) in [6, 6.07) is 9.38. The maximum Gasteiger partial charge on any atom is 0.272 e. The summed E-state index contributed by atoms with van der Waals surface area (Å²) >= 11 is 0. The number of hydrogen-bond acceptors (Lipinski definition) is 4. The number of amides is 1. The standard InChI is InChI=1S/C19H23N3O3/c1-12-5-3-4-6-14(12)9-15-7-8-22(11-17(15)23)19(25)16-10-18(24)21-13(2)20-16/h3-6,10,15,17,23H,7-9,11H2,1-2H3,(H,20,21,24)/t15-,17-/m1/s1. The lowest BCUT2D eigenvalue weighted by atomic mass is 9.86. The Morgan fingerprint density at radius 3 is 2.80 bits per heavy atom. The number of carbonyl (C=O) groups excluding carboxylic acids is 1. The molecule has 2 heterocycles. The third-order valence-electron chi connectivity index (χ3n) is 4.83. The zero-order valence-electron chi connectivity index (χ0n) is 14.5.